The molecule has 1 aliphatic heterocycles. The third kappa shape index (κ3) is 3.60. The zero-order valence-electron chi connectivity index (χ0n) is 14.3. The molecule has 0 aliphatic carbocycles. The highest BCUT2D eigenvalue weighted by Crippen LogP contribution is 2.24. The number of piperazine rings is 1. The zero-order valence-corrected chi connectivity index (χ0v) is 15.1. The highest BCUT2D eigenvalue weighted by atomic mass is 35.5. The molecule has 0 radical (unpaired) electrons. The van der Waals surface area contributed by atoms with Crippen molar-refractivity contribution >= 4 is 18.3 Å². The molecule has 1 fully saturated rings. The van der Waals surface area contributed by atoms with Crippen molar-refractivity contribution in [2.24, 2.45) is 7.05 Å². The number of nitrogens with zero attached hydrogens (tertiary/aromatic N) is 4. The van der Waals surface area contributed by atoms with Crippen LogP contribution in [0.1, 0.15) is 47.6 Å². The van der Waals surface area contributed by atoms with E-state index in [0.29, 0.717) is 18.2 Å². The van der Waals surface area contributed by atoms with Gasteiger partial charge in [-0.15, -0.1) is 12.4 Å². The fourth-order valence-electron chi connectivity index (χ4n) is 3.09. The fourth-order valence-corrected chi connectivity index (χ4v) is 3.09. The molecule has 1 saturated heterocycles. The van der Waals surface area contributed by atoms with Crippen LogP contribution in [0.5, 0.6) is 0 Å². The summed E-state index contributed by atoms with van der Waals surface area (Å²) in [4.78, 5) is 19.1. The molecule has 1 N–H and O–H groups in total. The fraction of sp³-hybridized carbons (Fsp3) is 0.471. The third-order valence-corrected chi connectivity index (χ3v) is 4.30. The van der Waals surface area contributed by atoms with Crippen LogP contribution in [-0.2, 0) is 7.05 Å². The molecule has 1 atom stereocenters. The molecule has 0 spiro atoms. The van der Waals surface area contributed by atoms with Crippen molar-refractivity contribution in [1.29, 1.82) is 0 Å². The summed E-state index contributed by atoms with van der Waals surface area (Å²) in [6.45, 7) is 6.42. The summed E-state index contributed by atoms with van der Waals surface area (Å²) in [6.07, 6.45) is 3.58. The summed E-state index contributed by atoms with van der Waals surface area (Å²) in [5.74, 6) is 0.328. The van der Waals surface area contributed by atoms with Crippen LogP contribution in [0.4, 0.5) is 0 Å². The van der Waals surface area contributed by atoms with Gasteiger partial charge in [-0.2, -0.15) is 5.10 Å². The van der Waals surface area contributed by atoms with E-state index < -0.39 is 0 Å². The van der Waals surface area contributed by atoms with Gasteiger partial charge in [0.1, 0.15) is 0 Å². The van der Waals surface area contributed by atoms with Crippen molar-refractivity contribution < 1.29 is 4.79 Å². The maximum Gasteiger partial charge on any atom is 0.274 e. The molecule has 2 aromatic heterocycles. The lowest BCUT2D eigenvalue weighted by Crippen LogP contribution is -2.48. The number of aromatic nitrogens is 3. The number of nitrogens with one attached hydrogen (secondary N) is 1. The van der Waals surface area contributed by atoms with Crippen molar-refractivity contribution in [1.82, 2.24) is 25.0 Å². The zero-order chi connectivity index (χ0) is 16.4. The van der Waals surface area contributed by atoms with Crippen molar-refractivity contribution in [2.75, 3.05) is 19.6 Å². The van der Waals surface area contributed by atoms with Gasteiger partial charge in [-0.3, -0.25) is 14.5 Å². The lowest BCUT2D eigenvalue weighted by molar-refractivity contribution is 0.0627. The van der Waals surface area contributed by atoms with E-state index in [1.54, 1.807) is 10.9 Å². The first-order chi connectivity index (χ1) is 11.1. The molecule has 1 aliphatic rings. The number of carbonyl (C=O) groups is 1. The van der Waals surface area contributed by atoms with E-state index in [4.69, 9.17) is 0 Å². The monoisotopic (exact) mass is 349 g/mol. The Hall–Kier alpha value is -1.92. The van der Waals surface area contributed by atoms with Gasteiger partial charge in [0, 0.05) is 44.8 Å². The van der Waals surface area contributed by atoms with E-state index in [1.165, 1.54) is 0 Å². The van der Waals surface area contributed by atoms with Gasteiger partial charge in [0.05, 0.1) is 6.04 Å². The number of hydrogen-bond donors (Lipinski definition) is 1. The van der Waals surface area contributed by atoms with Crippen LogP contribution in [-0.4, -0.2) is 45.2 Å². The van der Waals surface area contributed by atoms with Crippen LogP contribution in [0.15, 0.2) is 30.6 Å². The molecule has 6 nitrogen and oxygen atoms in total. The normalized spacial score (nSPS) is 17.7. The van der Waals surface area contributed by atoms with E-state index in [2.05, 4.69) is 29.2 Å². The number of pyridine rings is 1. The van der Waals surface area contributed by atoms with Gasteiger partial charge >= 0.3 is 0 Å². The van der Waals surface area contributed by atoms with Crippen LogP contribution in [0.25, 0.3) is 0 Å². The van der Waals surface area contributed by atoms with E-state index in [1.807, 2.05) is 36.3 Å². The molecule has 3 heterocycles. The van der Waals surface area contributed by atoms with Crippen molar-refractivity contribution in [3.8, 4) is 0 Å². The SMILES string of the molecule is CC(C)c1cc(C(=O)N2CCNCC2c2cccnc2)nn1C.Cl. The summed E-state index contributed by atoms with van der Waals surface area (Å²) in [7, 11) is 1.89. The number of aryl methyl sites for hydroxylation is 1. The molecule has 1 unspecified atom stereocenters. The summed E-state index contributed by atoms with van der Waals surface area (Å²) in [5, 5.41) is 7.78. The van der Waals surface area contributed by atoms with Crippen LogP contribution in [0.2, 0.25) is 0 Å². The first-order valence-corrected chi connectivity index (χ1v) is 8.03. The smallest absolute Gasteiger partial charge is 0.274 e. The molecule has 0 aromatic carbocycles. The molecule has 2 aromatic rings. The Labute approximate surface area is 148 Å². The number of rotatable bonds is 3. The van der Waals surface area contributed by atoms with E-state index in [9.17, 15) is 4.79 Å². The Morgan fingerprint density at radius 2 is 2.21 bits per heavy atom. The van der Waals surface area contributed by atoms with E-state index in [-0.39, 0.29) is 24.4 Å². The standard InChI is InChI=1S/C17H23N5O.ClH/c1-12(2)15-9-14(20-21(15)3)17(23)22-8-7-19-11-16(22)13-5-4-6-18-10-13;/h4-6,9-10,12,16,19H,7-8,11H2,1-3H3;1H. The number of halogens is 1. The first-order valence-electron chi connectivity index (χ1n) is 8.03. The number of carbonyl (C=O) groups excluding carboxylic acids is 1. The molecule has 24 heavy (non-hydrogen) atoms. The average Bonchev–Trinajstić information content (AvgIpc) is 2.97. The van der Waals surface area contributed by atoms with Crippen molar-refractivity contribution in [3.05, 3.63) is 47.5 Å². The molecule has 1 amide bonds. The van der Waals surface area contributed by atoms with Gasteiger partial charge in [-0.05, 0) is 23.6 Å². The molecule has 7 heteroatoms. The van der Waals surface area contributed by atoms with Gasteiger partial charge in [0.15, 0.2) is 5.69 Å². The largest absolute Gasteiger partial charge is 0.328 e. The predicted octanol–water partition coefficient (Wildman–Crippen LogP) is 2.15. The highest BCUT2D eigenvalue weighted by molar-refractivity contribution is 5.93. The minimum Gasteiger partial charge on any atom is -0.328 e. The molecule has 0 saturated carbocycles. The topological polar surface area (TPSA) is 63.1 Å². The van der Waals surface area contributed by atoms with Gasteiger partial charge < -0.3 is 10.2 Å². The molecule has 130 valence electrons. The lowest BCUT2D eigenvalue weighted by Gasteiger charge is -2.36. The Morgan fingerprint density at radius 1 is 1.42 bits per heavy atom. The molecular formula is C17H24ClN5O. The van der Waals surface area contributed by atoms with Crippen LogP contribution < -0.4 is 5.32 Å². The number of amides is 1. The first kappa shape index (κ1) is 18.4. The van der Waals surface area contributed by atoms with E-state index in [0.717, 1.165) is 24.3 Å². The van der Waals surface area contributed by atoms with Crippen molar-refractivity contribution in [3.63, 3.8) is 0 Å². The van der Waals surface area contributed by atoms with Gasteiger partial charge in [0.2, 0.25) is 0 Å². The van der Waals surface area contributed by atoms with Crippen LogP contribution in [0.3, 0.4) is 0 Å². The maximum absolute atomic E-state index is 13.0. The molecular weight excluding hydrogens is 326 g/mol. The minimum absolute atomic E-state index is 0. The quantitative estimate of drug-likeness (QED) is 0.922. The van der Waals surface area contributed by atoms with Gasteiger partial charge in [0.25, 0.3) is 5.91 Å². The van der Waals surface area contributed by atoms with Crippen molar-refractivity contribution in [2.45, 2.75) is 25.8 Å². The molecule has 0 bridgehead atoms. The molecule has 3 rings (SSSR count). The summed E-state index contributed by atoms with van der Waals surface area (Å²) in [5.41, 5.74) is 2.64. The predicted molar refractivity (Wildman–Crippen MR) is 95.4 cm³/mol. The summed E-state index contributed by atoms with van der Waals surface area (Å²) >= 11 is 0. The second-order valence-electron chi connectivity index (χ2n) is 6.24. The second kappa shape index (κ2) is 7.77. The lowest BCUT2D eigenvalue weighted by atomic mass is 10.0. The Balaban J connectivity index is 0.00000208. The summed E-state index contributed by atoms with van der Waals surface area (Å²) < 4.78 is 1.80. The van der Waals surface area contributed by atoms with E-state index >= 15 is 0 Å². The maximum atomic E-state index is 13.0. The van der Waals surface area contributed by atoms with Crippen LogP contribution in [0, 0.1) is 0 Å². The Kier molecular flexibility index (Phi) is 5.96. The number of hydrogen-bond acceptors (Lipinski definition) is 4. The van der Waals surface area contributed by atoms with Crippen LogP contribution >= 0.6 is 12.4 Å². The highest BCUT2D eigenvalue weighted by Gasteiger charge is 2.30. The second-order valence-corrected chi connectivity index (χ2v) is 6.24. The Morgan fingerprint density at radius 3 is 2.83 bits per heavy atom. The van der Waals surface area contributed by atoms with Gasteiger partial charge in [-0.25, -0.2) is 0 Å². The van der Waals surface area contributed by atoms with Gasteiger partial charge in [-0.1, -0.05) is 19.9 Å². The Bertz CT molecular complexity index is 686. The average molecular weight is 350 g/mol. The minimum atomic E-state index is -0.0112. The third-order valence-electron chi connectivity index (χ3n) is 4.30. The summed E-state index contributed by atoms with van der Waals surface area (Å²) in [6, 6.07) is 5.83.